The number of anilines is 2. The number of carbonyl (C=O) groups is 2. The van der Waals surface area contributed by atoms with Crippen LogP contribution in [-0.4, -0.2) is 37.6 Å². The molecule has 0 bridgehead atoms. The summed E-state index contributed by atoms with van der Waals surface area (Å²) in [5, 5.41) is 4.94. The first-order valence-electron chi connectivity index (χ1n) is 8.67. The molecule has 0 aliphatic carbocycles. The fourth-order valence-electron chi connectivity index (χ4n) is 2.29. The molecule has 2 rings (SSSR count). The van der Waals surface area contributed by atoms with Gasteiger partial charge in [0.1, 0.15) is 13.2 Å². The molecule has 0 aliphatic heterocycles. The molecule has 0 spiro atoms. The topological polar surface area (TPSA) is 136 Å². The van der Waals surface area contributed by atoms with E-state index in [4.69, 9.17) is 9.47 Å². The van der Waals surface area contributed by atoms with Gasteiger partial charge in [0.05, 0.1) is 11.4 Å². The van der Waals surface area contributed by atoms with E-state index in [9.17, 15) is 19.2 Å². The molecule has 0 saturated heterocycles. The number of ether oxygens (including phenoxy) is 2. The van der Waals surface area contributed by atoms with Crippen LogP contribution < -0.4 is 10.6 Å². The second kappa shape index (κ2) is 10.9. The Kier molecular flexibility index (Phi) is 8.02. The lowest BCUT2D eigenvalue weighted by molar-refractivity contribution is 0.110. The summed E-state index contributed by atoms with van der Waals surface area (Å²) in [7, 11) is 0. The molecule has 2 aromatic carbocycles. The molecule has 2 amide bonds. The van der Waals surface area contributed by atoms with E-state index in [1.165, 1.54) is 24.3 Å². The Morgan fingerprint density at radius 2 is 1.20 bits per heavy atom. The fraction of sp³-hybridized carbons (Fsp3) is 0.200. The highest BCUT2D eigenvalue weighted by Crippen LogP contribution is 2.23. The maximum Gasteiger partial charge on any atom is 0.411 e. The van der Waals surface area contributed by atoms with Gasteiger partial charge in [-0.1, -0.05) is 12.1 Å². The van der Waals surface area contributed by atoms with Gasteiger partial charge in [-0.15, -0.1) is 0 Å². The van der Waals surface area contributed by atoms with Crippen molar-refractivity contribution in [1.82, 2.24) is 0 Å². The van der Waals surface area contributed by atoms with Crippen molar-refractivity contribution in [1.29, 1.82) is 0 Å². The highest BCUT2D eigenvalue weighted by molar-refractivity contribution is 5.86. The number of hydrogen-bond donors (Lipinski definition) is 2. The SMILES string of the molecule is Cc1ccc(NC(=O)OCCOC(=O)Nc2ccc(C)c(N=C=O)c2)cc1N=C=O. The number of nitrogens with one attached hydrogen (secondary N) is 2. The average Bonchev–Trinajstić information content (AvgIpc) is 2.71. The van der Waals surface area contributed by atoms with Gasteiger partial charge in [-0.2, -0.15) is 9.98 Å². The van der Waals surface area contributed by atoms with E-state index < -0.39 is 12.2 Å². The first kappa shape index (κ1) is 22.0. The summed E-state index contributed by atoms with van der Waals surface area (Å²) < 4.78 is 9.84. The number of aliphatic imine (C=N–C) groups is 2. The molecule has 0 heterocycles. The first-order valence-corrected chi connectivity index (χ1v) is 8.67. The van der Waals surface area contributed by atoms with Gasteiger partial charge in [-0.05, 0) is 49.2 Å². The second-order valence-electron chi connectivity index (χ2n) is 5.93. The lowest BCUT2D eigenvalue weighted by atomic mass is 10.2. The number of carbonyl (C=O) groups excluding carboxylic acids is 4. The summed E-state index contributed by atoms with van der Waals surface area (Å²) in [6, 6.07) is 9.59. The lowest BCUT2D eigenvalue weighted by Gasteiger charge is -2.10. The van der Waals surface area contributed by atoms with Crippen LogP contribution in [-0.2, 0) is 19.1 Å². The summed E-state index contributed by atoms with van der Waals surface area (Å²) in [5.74, 6) is 0. The van der Waals surface area contributed by atoms with Gasteiger partial charge in [0, 0.05) is 11.4 Å². The van der Waals surface area contributed by atoms with Crippen molar-refractivity contribution in [3.05, 3.63) is 47.5 Å². The Balaban J connectivity index is 1.77. The average molecular weight is 410 g/mol. The Morgan fingerprint density at radius 3 is 1.57 bits per heavy atom. The molecule has 0 aromatic heterocycles. The summed E-state index contributed by atoms with van der Waals surface area (Å²) in [5.41, 5.74) is 3.00. The Bertz CT molecular complexity index is 956. The number of amides is 2. The van der Waals surface area contributed by atoms with Crippen molar-refractivity contribution in [3.63, 3.8) is 0 Å². The van der Waals surface area contributed by atoms with E-state index >= 15 is 0 Å². The summed E-state index contributed by atoms with van der Waals surface area (Å²) >= 11 is 0. The van der Waals surface area contributed by atoms with Crippen LogP contribution in [0.15, 0.2) is 46.4 Å². The van der Waals surface area contributed by atoms with Gasteiger partial charge in [0.15, 0.2) is 0 Å². The third-order valence-electron chi connectivity index (χ3n) is 3.79. The van der Waals surface area contributed by atoms with Crippen LogP contribution in [0, 0.1) is 13.8 Å². The van der Waals surface area contributed by atoms with Crippen LogP contribution in [0.25, 0.3) is 0 Å². The van der Waals surface area contributed by atoms with Gasteiger partial charge in [0.2, 0.25) is 12.2 Å². The van der Waals surface area contributed by atoms with Crippen LogP contribution in [0.4, 0.5) is 32.3 Å². The largest absolute Gasteiger partial charge is 0.446 e. The summed E-state index contributed by atoms with van der Waals surface area (Å²) in [4.78, 5) is 51.5. The third-order valence-corrected chi connectivity index (χ3v) is 3.79. The van der Waals surface area contributed by atoms with Crippen LogP contribution in [0.2, 0.25) is 0 Å². The Morgan fingerprint density at radius 1 is 0.800 bits per heavy atom. The van der Waals surface area contributed by atoms with Crippen molar-refractivity contribution < 1.29 is 28.7 Å². The monoisotopic (exact) mass is 410 g/mol. The number of isocyanates is 2. The van der Waals surface area contributed by atoms with Gasteiger partial charge in [0.25, 0.3) is 0 Å². The minimum absolute atomic E-state index is 0.182. The van der Waals surface area contributed by atoms with Gasteiger partial charge >= 0.3 is 12.2 Å². The Labute approximate surface area is 171 Å². The van der Waals surface area contributed by atoms with Crippen molar-refractivity contribution >= 4 is 47.1 Å². The molecule has 10 nitrogen and oxygen atoms in total. The number of aryl methyl sites for hydroxylation is 2. The molecule has 30 heavy (non-hydrogen) atoms. The normalized spacial score (nSPS) is 9.53. The van der Waals surface area contributed by atoms with Crippen LogP contribution in [0.5, 0.6) is 0 Å². The van der Waals surface area contributed by atoms with E-state index in [0.29, 0.717) is 22.7 Å². The summed E-state index contributed by atoms with van der Waals surface area (Å²) in [6.07, 6.45) is 1.35. The minimum Gasteiger partial charge on any atom is -0.446 e. The van der Waals surface area contributed by atoms with Crippen molar-refractivity contribution in [2.45, 2.75) is 13.8 Å². The maximum absolute atomic E-state index is 11.8. The molecule has 2 aromatic rings. The molecule has 0 saturated carbocycles. The molecule has 0 radical (unpaired) electrons. The number of rotatable bonds is 7. The number of benzene rings is 2. The first-order chi connectivity index (χ1) is 14.4. The highest BCUT2D eigenvalue weighted by Gasteiger charge is 2.08. The van der Waals surface area contributed by atoms with Gasteiger partial charge in [-0.25, -0.2) is 19.2 Å². The van der Waals surface area contributed by atoms with E-state index in [1.54, 1.807) is 38.1 Å². The molecule has 154 valence electrons. The lowest BCUT2D eigenvalue weighted by Crippen LogP contribution is -2.20. The van der Waals surface area contributed by atoms with Crippen molar-refractivity contribution in [2.24, 2.45) is 9.98 Å². The van der Waals surface area contributed by atoms with Crippen molar-refractivity contribution in [2.75, 3.05) is 23.8 Å². The predicted molar refractivity (Wildman–Crippen MR) is 108 cm³/mol. The molecule has 0 fully saturated rings. The summed E-state index contributed by atoms with van der Waals surface area (Å²) in [6.45, 7) is 3.15. The quantitative estimate of drug-likeness (QED) is 0.402. The van der Waals surface area contributed by atoms with E-state index in [1.807, 2.05) is 0 Å². The smallest absolute Gasteiger partial charge is 0.411 e. The van der Waals surface area contributed by atoms with E-state index in [2.05, 4.69) is 20.6 Å². The molecule has 0 unspecified atom stereocenters. The van der Waals surface area contributed by atoms with Crippen LogP contribution in [0.3, 0.4) is 0 Å². The number of hydrogen-bond acceptors (Lipinski definition) is 8. The fourth-order valence-corrected chi connectivity index (χ4v) is 2.29. The minimum atomic E-state index is -0.765. The molecule has 0 atom stereocenters. The van der Waals surface area contributed by atoms with Crippen LogP contribution in [0.1, 0.15) is 11.1 Å². The zero-order valence-electron chi connectivity index (χ0n) is 16.2. The maximum atomic E-state index is 11.8. The van der Waals surface area contributed by atoms with Crippen LogP contribution >= 0.6 is 0 Å². The van der Waals surface area contributed by atoms with E-state index in [-0.39, 0.29) is 13.2 Å². The second-order valence-corrected chi connectivity index (χ2v) is 5.93. The van der Waals surface area contributed by atoms with Gasteiger partial charge < -0.3 is 9.47 Å². The van der Waals surface area contributed by atoms with Crippen molar-refractivity contribution in [3.8, 4) is 0 Å². The zero-order valence-corrected chi connectivity index (χ0v) is 16.2. The molecule has 10 heteroatoms. The predicted octanol–water partition coefficient (Wildman–Crippen LogP) is 4.04. The number of nitrogens with zero attached hydrogens (tertiary/aromatic N) is 2. The highest BCUT2D eigenvalue weighted by atomic mass is 16.6. The zero-order chi connectivity index (χ0) is 21.9. The Hall–Kier alpha value is -4.26. The van der Waals surface area contributed by atoms with Gasteiger partial charge in [-0.3, -0.25) is 10.6 Å². The molecule has 2 N–H and O–H groups in total. The molecule has 0 aliphatic rings. The third kappa shape index (κ3) is 6.72. The standard InChI is InChI=1S/C20H18N4O6/c1-13-3-5-15(9-17(13)21-11-25)23-19(27)29-7-8-30-20(28)24-16-6-4-14(2)18(10-16)22-12-26/h3-6,9-10H,7-8H2,1-2H3,(H,23,27)(H,24,28). The molecular formula is C20H18N4O6. The van der Waals surface area contributed by atoms with E-state index in [0.717, 1.165) is 11.1 Å². The molecular weight excluding hydrogens is 392 g/mol.